The lowest BCUT2D eigenvalue weighted by Crippen LogP contribution is -2.06. The van der Waals surface area contributed by atoms with Crippen molar-refractivity contribution in [2.45, 2.75) is 13.8 Å². The molecule has 0 unspecified atom stereocenters. The molecule has 0 aliphatic carbocycles. The first-order valence-corrected chi connectivity index (χ1v) is 6.86. The van der Waals surface area contributed by atoms with E-state index < -0.39 is 5.97 Å². The number of aromatic amines is 1. The Labute approximate surface area is 124 Å². The van der Waals surface area contributed by atoms with Crippen molar-refractivity contribution in [2.75, 3.05) is 13.2 Å². The number of aromatic nitrogens is 1. The van der Waals surface area contributed by atoms with Gasteiger partial charge in [0.2, 0.25) is 5.88 Å². The van der Waals surface area contributed by atoms with Crippen molar-refractivity contribution in [3.63, 3.8) is 0 Å². The van der Waals surface area contributed by atoms with Gasteiger partial charge in [-0.05, 0) is 41.4 Å². The standard InChI is InChI=1S/C13H14BrN3O3/c1-3-20-9(18)6-15-17-12-10-8(16-13(12)19)5-4-7(2)11(10)14/h4-5,16,19H,3,6H2,1-2H3. The molecule has 2 aromatic rings. The smallest absolute Gasteiger partial charge is 0.329 e. The summed E-state index contributed by atoms with van der Waals surface area (Å²) in [5.41, 5.74) is 2.06. The number of nitrogens with one attached hydrogen (secondary N) is 1. The molecule has 20 heavy (non-hydrogen) atoms. The van der Waals surface area contributed by atoms with E-state index in [0.29, 0.717) is 12.3 Å². The van der Waals surface area contributed by atoms with Crippen LogP contribution in [0.3, 0.4) is 0 Å². The topological polar surface area (TPSA) is 87.0 Å². The fourth-order valence-electron chi connectivity index (χ4n) is 1.79. The van der Waals surface area contributed by atoms with Gasteiger partial charge < -0.3 is 14.8 Å². The van der Waals surface area contributed by atoms with E-state index in [1.54, 1.807) is 6.92 Å². The minimum Gasteiger partial charge on any atom is -0.493 e. The summed E-state index contributed by atoms with van der Waals surface area (Å²) in [6, 6.07) is 3.77. The molecule has 0 fully saturated rings. The van der Waals surface area contributed by atoms with Crippen LogP contribution < -0.4 is 0 Å². The Balaban J connectivity index is 2.34. The fraction of sp³-hybridized carbons (Fsp3) is 0.308. The Morgan fingerprint density at radius 1 is 1.50 bits per heavy atom. The van der Waals surface area contributed by atoms with E-state index in [2.05, 4.69) is 31.1 Å². The van der Waals surface area contributed by atoms with Crippen molar-refractivity contribution in [3.05, 3.63) is 22.2 Å². The molecule has 0 radical (unpaired) electrons. The second-order valence-corrected chi connectivity index (χ2v) is 4.94. The van der Waals surface area contributed by atoms with E-state index in [1.807, 2.05) is 19.1 Å². The molecular formula is C13H14BrN3O3. The predicted molar refractivity (Wildman–Crippen MR) is 78.4 cm³/mol. The minimum absolute atomic E-state index is 0.0843. The molecule has 0 atom stereocenters. The Bertz CT molecular complexity index is 679. The number of hydrogen-bond acceptors (Lipinski definition) is 5. The van der Waals surface area contributed by atoms with Crippen LogP contribution in [-0.4, -0.2) is 29.2 Å². The average Bonchev–Trinajstić information content (AvgIpc) is 2.72. The predicted octanol–water partition coefficient (Wildman–Crippen LogP) is 3.59. The van der Waals surface area contributed by atoms with E-state index in [4.69, 9.17) is 4.74 Å². The fourth-order valence-corrected chi connectivity index (χ4v) is 2.32. The molecule has 0 aliphatic heterocycles. The third kappa shape index (κ3) is 2.82. The van der Waals surface area contributed by atoms with E-state index in [9.17, 15) is 9.90 Å². The van der Waals surface area contributed by atoms with E-state index in [0.717, 1.165) is 20.9 Å². The summed E-state index contributed by atoms with van der Waals surface area (Å²) in [4.78, 5) is 14.0. The second kappa shape index (κ2) is 6.04. The zero-order valence-electron chi connectivity index (χ0n) is 11.1. The van der Waals surface area contributed by atoms with Crippen LogP contribution >= 0.6 is 15.9 Å². The molecule has 106 valence electrons. The van der Waals surface area contributed by atoms with Crippen LogP contribution in [0.25, 0.3) is 10.9 Å². The number of H-pyrrole nitrogens is 1. The zero-order valence-corrected chi connectivity index (χ0v) is 12.7. The summed E-state index contributed by atoms with van der Waals surface area (Å²) in [5, 5.41) is 18.3. The maximum atomic E-state index is 11.2. The summed E-state index contributed by atoms with van der Waals surface area (Å²) < 4.78 is 5.58. The van der Waals surface area contributed by atoms with Gasteiger partial charge in [0, 0.05) is 9.86 Å². The highest BCUT2D eigenvalue weighted by Crippen LogP contribution is 2.40. The van der Waals surface area contributed by atoms with Crippen LogP contribution in [0.1, 0.15) is 12.5 Å². The van der Waals surface area contributed by atoms with Crippen LogP contribution in [0, 0.1) is 6.92 Å². The van der Waals surface area contributed by atoms with Crippen molar-refractivity contribution < 1.29 is 14.6 Å². The van der Waals surface area contributed by atoms with Gasteiger partial charge >= 0.3 is 5.97 Å². The molecule has 0 amide bonds. The van der Waals surface area contributed by atoms with Gasteiger partial charge in [-0.3, -0.25) is 0 Å². The molecule has 1 aromatic heterocycles. The van der Waals surface area contributed by atoms with Crippen molar-refractivity contribution in [1.82, 2.24) is 4.98 Å². The third-order valence-corrected chi connectivity index (χ3v) is 3.75. The Morgan fingerprint density at radius 2 is 2.25 bits per heavy atom. The summed E-state index contributed by atoms with van der Waals surface area (Å²) in [6.07, 6.45) is 0. The van der Waals surface area contributed by atoms with Gasteiger partial charge in [0.05, 0.1) is 12.1 Å². The van der Waals surface area contributed by atoms with E-state index >= 15 is 0 Å². The molecule has 2 rings (SSSR count). The Hall–Kier alpha value is -1.89. The highest BCUT2D eigenvalue weighted by atomic mass is 79.9. The molecule has 0 bridgehead atoms. The van der Waals surface area contributed by atoms with Crippen LogP contribution in [0.15, 0.2) is 26.8 Å². The lowest BCUT2D eigenvalue weighted by molar-refractivity contribution is -0.141. The largest absolute Gasteiger partial charge is 0.493 e. The molecule has 0 saturated carbocycles. The third-order valence-electron chi connectivity index (χ3n) is 2.73. The van der Waals surface area contributed by atoms with Gasteiger partial charge in [-0.1, -0.05) is 6.07 Å². The Morgan fingerprint density at radius 3 is 2.95 bits per heavy atom. The molecule has 1 heterocycles. The van der Waals surface area contributed by atoms with Crippen molar-refractivity contribution in [1.29, 1.82) is 0 Å². The van der Waals surface area contributed by atoms with E-state index in [-0.39, 0.29) is 12.4 Å². The second-order valence-electron chi connectivity index (χ2n) is 4.15. The molecule has 7 heteroatoms. The number of benzene rings is 1. The number of azo groups is 1. The first-order valence-electron chi connectivity index (χ1n) is 6.07. The molecular weight excluding hydrogens is 326 g/mol. The molecule has 2 N–H and O–H groups in total. The van der Waals surface area contributed by atoms with Gasteiger partial charge in [0.1, 0.15) is 0 Å². The number of ether oxygens (including phenoxy) is 1. The highest BCUT2D eigenvalue weighted by Gasteiger charge is 2.14. The molecule has 0 saturated heterocycles. The van der Waals surface area contributed by atoms with Crippen molar-refractivity contribution >= 4 is 38.5 Å². The molecule has 1 aromatic carbocycles. The van der Waals surface area contributed by atoms with Gasteiger partial charge in [-0.15, -0.1) is 5.11 Å². The lowest BCUT2D eigenvalue weighted by Gasteiger charge is -2.00. The van der Waals surface area contributed by atoms with Crippen LogP contribution in [0.5, 0.6) is 5.88 Å². The molecule has 6 nitrogen and oxygen atoms in total. The van der Waals surface area contributed by atoms with Gasteiger partial charge in [-0.25, -0.2) is 4.79 Å². The lowest BCUT2D eigenvalue weighted by atomic mass is 10.1. The number of aryl methyl sites for hydroxylation is 1. The number of esters is 1. The van der Waals surface area contributed by atoms with Crippen molar-refractivity contribution in [2.24, 2.45) is 10.2 Å². The highest BCUT2D eigenvalue weighted by molar-refractivity contribution is 9.10. The maximum absolute atomic E-state index is 11.2. The van der Waals surface area contributed by atoms with Gasteiger partial charge in [0.15, 0.2) is 12.2 Å². The van der Waals surface area contributed by atoms with Crippen molar-refractivity contribution in [3.8, 4) is 5.88 Å². The summed E-state index contributed by atoms with van der Waals surface area (Å²) >= 11 is 3.47. The SMILES string of the molecule is CCOC(=O)CN=Nc1c(O)[nH]c2ccc(C)c(Br)c12. The maximum Gasteiger partial charge on any atom is 0.329 e. The number of fused-ring (bicyclic) bond motifs is 1. The number of rotatable bonds is 4. The van der Waals surface area contributed by atoms with Gasteiger partial charge in [-0.2, -0.15) is 5.11 Å². The number of carbonyl (C=O) groups is 1. The molecule has 0 aliphatic rings. The Kier molecular flexibility index (Phi) is 4.39. The number of carbonyl (C=O) groups excluding carboxylic acids is 1. The first kappa shape index (κ1) is 14.5. The molecule has 0 spiro atoms. The monoisotopic (exact) mass is 339 g/mol. The average molecular weight is 340 g/mol. The number of nitrogens with zero attached hydrogens (tertiary/aromatic N) is 2. The quantitative estimate of drug-likeness (QED) is 0.659. The number of halogens is 1. The van der Waals surface area contributed by atoms with Crippen LogP contribution in [0.4, 0.5) is 5.69 Å². The summed E-state index contributed by atoms with van der Waals surface area (Å²) in [5.74, 6) is -0.537. The summed E-state index contributed by atoms with van der Waals surface area (Å²) in [6.45, 7) is 3.79. The van der Waals surface area contributed by atoms with Crippen LogP contribution in [0.2, 0.25) is 0 Å². The van der Waals surface area contributed by atoms with Crippen LogP contribution in [-0.2, 0) is 9.53 Å². The number of aromatic hydroxyl groups is 1. The van der Waals surface area contributed by atoms with E-state index in [1.165, 1.54) is 0 Å². The number of hydrogen-bond donors (Lipinski definition) is 2. The van der Waals surface area contributed by atoms with Gasteiger partial charge in [0.25, 0.3) is 0 Å². The normalized spacial score (nSPS) is 11.3. The zero-order chi connectivity index (χ0) is 14.7. The summed E-state index contributed by atoms with van der Waals surface area (Å²) in [7, 11) is 0. The minimum atomic E-state index is -0.453. The first-order chi connectivity index (χ1) is 9.54.